The summed E-state index contributed by atoms with van der Waals surface area (Å²) in [7, 11) is 3.50. The first kappa shape index (κ1) is 17.0. The molecule has 0 radical (unpaired) electrons. The molecule has 5 rings (SSSR count). The predicted octanol–water partition coefficient (Wildman–Crippen LogP) is 2.48. The molecule has 0 saturated carbocycles. The fourth-order valence-corrected chi connectivity index (χ4v) is 4.71. The Labute approximate surface area is 163 Å². The SMILES string of the molecule is COc1ccccc1-c1cnc2n1CC[C@@]21CCN(C(=O)c2ccnn2C)C1. The van der Waals surface area contributed by atoms with Crippen LogP contribution in [0.5, 0.6) is 5.75 Å². The van der Waals surface area contributed by atoms with E-state index in [4.69, 9.17) is 9.72 Å². The lowest BCUT2D eigenvalue weighted by Gasteiger charge is -2.22. The largest absolute Gasteiger partial charge is 0.496 e. The fraction of sp³-hybridized carbons (Fsp3) is 0.381. The summed E-state index contributed by atoms with van der Waals surface area (Å²) in [5.74, 6) is 1.99. The number of ether oxygens (including phenoxy) is 1. The Balaban J connectivity index is 1.46. The average Bonchev–Trinajstić information content (AvgIpc) is 3.48. The van der Waals surface area contributed by atoms with E-state index in [1.807, 2.05) is 29.3 Å². The lowest BCUT2D eigenvalue weighted by Crippen LogP contribution is -2.34. The van der Waals surface area contributed by atoms with Crippen LogP contribution in [0, 0.1) is 0 Å². The molecule has 1 atom stereocenters. The van der Waals surface area contributed by atoms with Crippen LogP contribution in [-0.4, -0.2) is 50.3 Å². The van der Waals surface area contributed by atoms with Crippen molar-refractivity contribution in [2.24, 2.45) is 7.05 Å². The van der Waals surface area contributed by atoms with Gasteiger partial charge in [-0.05, 0) is 31.0 Å². The van der Waals surface area contributed by atoms with E-state index in [0.29, 0.717) is 12.2 Å². The number of nitrogens with zero attached hydrogens (tertiary/aromatic N) is 5. The molecule has 0 bridgehead atoms. The Bertz CT molecular complexity index is 1050. The first-order valence-corrected chi connectivity index (χ1v) is 9.60. The minimum Gasteiger partial charge on any atom is -0.496 e. The van der Waals surface area contributed by atoms with Gasteiger partial charge in [0.1, 0.15) is 17.3 Å². The van der Waals surface area contributed by atoms with E-state index in [9.17, 15) is 4.79 Å². The molecule has 1 saturated heterocycles. The molecular formula is C21H23N5O2. The molecule has 2 aliphatic heterocycles. The molecule has 2 aliphatic rings. The Hall–Kier alpha value is -3.09. The molecule has 3 aromatic rings. The van der Waals surface area contributed by atoms with Gasteiger partial charge < -0.3 is 14.2 Å². The van der Waals surface area contributed by atoms with Crippen LogP contribution in [-0.2, 0) is 19.0 Å². The highest BCUT2D eigenvalue weighted by Crippen LogP contribution is 2.45. The second-order valence-electron chi connectivity index (χ2n) is 7.67. The summed E-state index contributed by atoms with van der Waals surface area (Å²) in [4.78, 5) is 19.7. The highest BCUT2D eigenvalue weighted by molar-refractivity contribution is 5.92. The first-order valence-electron chi connectivity index (χ1n) is 9.60. The summed E-state index contributed by atoms with van der Waals surface area (Å²) in [5, 5.41) is 4.13. The van der Waals surface area contributed by atoms with Gasteiger partial charge in [0.2, 0.25) is 0 Å². The topological polar surface area (TPSA) is 65.2 Å². The number of hydrogen-bond acceptors (Lipinski definition) is 4. The zero-order chi connectivity index (χ0) is 19.3. The van der Waals surface area contributed by atoms with Gasteiger partial charge in [0.15, 0.2) is 0 Å². The molecular weight excluding hydrogens is 354 g/mol. The van der Waals surface area contributed by atoms with Gasteiger partial charge in [0.25, 0.3) is 5.91 Å². The highest BCUT2D eigenvalue weighted by atomic mass is 16.5. The van der Waals surface area contributed by atoms with Crippen LogP contribution in [0.3, 0.4) is 0 Å². The number of amides is 1. The first-order chi connectivity index (χ1) is 13.6. The van der Waals surface area contributed by atoms with Crippen molar-refractivity contribution in [2.75, 3.05) is 20.2 Å². The molecule has 0 unspecified atom stereocenters. The van der Waals surface area contributed by atoms with E-state index in [1.54, 1.807) is 31.1 Å². The van der Waals surface area contributed by atoms with Gasteiger partial charge in [-0.2, -0.15) is 5.10 Å². The van der Waals surface area contributed by atoms with Crippen molar-refractivity contribution in [1.29, 1.82) is 0 Å². The number of carbonyl (C=O) groups is 1. The van der Waals surface area contributed by atoms with Crippen molar-refractivity contribution >= 4 is 5.91 Å². The third-order valence-corrected chi connectivity index (χ3v) is 6.21. The van der Waals surface area contributed by atoms with Crippen LogP contribution in [0.4, 0.5) is 0 Å². The molecule has 1 amide bonds. The van der Waals surface area contributed by atoms with E-state index >= 15 is 0 Å². The molecule has 1 fully saturated rings. The van der Waals surface area contributed by atoms with Crippen molar-refractivity contribution < 1.29 is 9.53 Å². The number of methoxy groups -OCH3 is 1. The van der Waals surface area contributed by atoms with Crippen LogP contribution in [0.2, 0.25) is 0 Å². The number of para-hydroxylation sites is 1. The molecule has 1 spiro atoms. The number of imidazole rings is 1. The van der Waals surface area contributed by atoms with Crippen molar-refractivity contribution in [3.63, 3.8) is 0 Å². The van der Waals surface area contributed by atoms with Crippen LogP contribution in [0.25, 0.3) is 11.3 Å². The number of rotatable bonds is 3. The Morgan fingerprint density at radius 3 is 2.79 bits per heavy atom. The smallest absolute Gasteiger partial charge is 0.272 e. The van der Waals surface area contributed by atoms with E-state index in [-0.39, 0.29) is 11.3 Å². The summed E-state index contributed by atoms with van der Waals surface area (Å²) < 4.78 is 9.49. The second-order valence-corrected chi connectivity index (χ2v) is 7.67. The zero-order valence-corrected chi connectivity index (χ0v) is 16.1. The number of aryl methyl sites for hydroxylation is 1. The number of carbonyl (C=O) groups excluding carboxylic acids is 1. The van der Waals surface area contributed by atoms with Crippen molar-refractivity contribution in [1.82, 2.24) is 24.2 Å². The normalized spacial score (nSPS) is 20.7. The molecule has 0 N–H and O–H groups in total. The summed E-state index contributed by atoms with van der Waals surface area (Å²) in [5.41, 5.74) is 2.71. The monoisotopic (exact) mass is 377 g/mol. The van der Waals surface area contributed by atoms with Gasteiger partial charge in [-0.3, -0.25) is 9.48 Å². The number of aromatic nitrogens is 4. The van der Waals surface area contributed by atoms with Crippen LogP contribution < -0.4 is 4.74 Å². The van der Waals surface area contributed by atoms with Gasteiger partial charge >= 0.3 is 0 Å². The van der Waals surface area contributed by atoms with Gasteiger partial charge in [-0.25, -0.2) is 4.98 Å². The maximum Gasteiger partial charge on any atom is 0.272 e. The zero-order valence-electron chi connectivity index (χ0n) is 16.1. The van der Waals surface area contributed by atoms with Gasteiger partial charge in [0.05, 0.1) is 19.0 Å². The van der Waals surface area contributed by atoms with Crippen LogP contribution in [0.1, 0.15) is 29.2 Å². The summed E-state index contributed by atoms with van der Waals surface area (Å²) in [6.07, 6.45) is 5.56. The van der Waals surface area contributed by atoms with Crippen molar-refractivity contribution in [2.45, 2.75) is 24.8 Å². The minimum absolute atomic E-state index is 0.0480. The maximum absolute atomic E-state index is 12.9. The quantitative estimate of drug-likeness (QED) is 0.703. The second kappa shape index (κ2) is 6.22. The van der Waals surface area contributed by atoms with Gasteiger partial charge in [0, 0.05) is 43.9 Å². The molecule has 144 valence electrons. The van der Waals surface area contributed by atoms with E-state index < -0.39 is 0 Å². The number of likely N-dealkylation sites (tertiary alicyclic amines) is 1. The van der Waals surface area contributed by atoms with E-state index in [2.05, 4.69) is 15.7 Å². The van der Waals surface area contributed by atoms with E-state index in [0.717, 1.165) is 48.8 Å². The summed E-state index contributed by atoms with van der Waals surface area (Å²) in [6.45, 7) is 2.37. The lowest BCUT2D eigenvalue weighted by atomic mass is 9.85. The Morgan fingerprint density at radius 2 is 2.00 bits per heavy atom. The third-order valence-electron chi connectivity index (χ3n) is 6.21. The Morgan fingerprint density at radius 1 is 1.18 bits per heavy atom. The van der Waals surface area contributed by atoms with Crippen molar-refractivity contribution in [3.8, 4) is 17.0 Å². The van der Waals surface area contributed by atoms with Crippen LogP contribution in [0.15, 0.2) is 42.7 Å². The number of benzene rings is 1. The average molecular weight is 377 g/mol. The molecule has 4 heterocycles. The van der Waals surface area contributed by atoms with Crippen LogP contribution >= 0.6 is 0 Å². The van der Waals surface area contributed by atoms with Gasteiger partial charge in [-0.15, -0.1) is 0 Å². The summed E-state index contributed by atoms with van der Waals surface area (Å²) >= 11 is 0. The molecule has 1 aromatic carbocycles. The Kier molecular flexibility index (Phi) is 3.79. The molecule has 7 nitrogen and oxygen atoms in total. The molecule has 7 heteroatoms. The standard InChI is InChI=1S/C21H23N5O2/c1-24-16(7-10-23-24)19(27)25-11-8-21(14-25)9-12-26-17(13-22-20(21)26)15-5-3-4-6-18(15)28-2/h3-7,10,13H,8-9,11-12,14H2,1-2H3/t21-/m1/s1. The van der Waals surface area contributed by atoms with Crippen molar-refractivity contribution in [3.05, 3.63) is 54.2 Å². The summed E-state index contributed by atoms with van der Waals surface area (Å²) in [6, 6.07) is 9.82. The number of hydrogen-bond donors (Lipinski definition) is 0. The highest BCUT2D eigenvalue weighted by Gasteiger charge is 2.48. The van der Waals surface area contributed by atoms with E-state index in [1.165, 1.54) is 0 Å². The molecule has 0 aliphatic carbocycles. The minimum atomic E-state index is -0.0610. The third kappa shape index (κ3) is 2.38. The lowest BCUT2D eigenvalue weighted by molar-refractivity contribution is 0.0772. The molecule has 2 aromatic heterocycles. The maximum atomic E-state index is 12.9. The van der Waals surface area contributed by atoms with Gasteiger partial charge in [-0.1, -0.05) is 12.1 Å². The fourth-order valence-electron chi connectivity index (χ4n) is 4.71. The predicted molar refractivity (Wildman–Crippen MR) is 104 cm³/mol. The molecule has 28 heavy (non-hydrogen) atoms. The number of fused-ring (bicyclic) bond motifs is 2.